The molecular formula is C8H7ClNOS. The van der Waals surface area contributed by atoms with E-state index in [2.05, 4.69) is 12.6 Å². The van der Waals surface area contributed by atoms with Crippen LogP contribution in [0.25, 0.3) is 0 Å². The molecule has 0 aromatic heterocycles. The van der Waals surface area contributed by atoms with Gasteiger partial charge in [0.15, 0.2) is 0 Å². The predicted octanol–water partition coefficient (Wildman–Crippen LogP) is 2.12. The number of thiol groups is 1. The fourth-order valence-corrected chi connectivity index (χ4v) is 1.09. The van der Waals surface area contributed by atoms with Gasteiger partial charge < -0.3 is 0 Å². The Labute approximate surface area is 81.1 Å². The van der Waals surface area contributed by atoms with E-state index in [0.717, 1.165) is 0 Å². The minimum Gasteiger partial charge on any atom is -0.272 e. The van der Waals surface area contributed by atoms with E-state index in [1.807, 2.05) is 0 Å². The number of amides is 1. The predicted molar refractivity (Wildman–Crippen MR) is 51.3 cm³/mol. The quantitative estimate of drug-likeness (QED) is 0.730. The van der Waals surface area contributed by atoms with Crippen molar-refractivity contribution in [2.24, 2.45) is 0 Å². The lowest BCUT2D eigenvalue weighted by Crippen LogP contribution is -2.06. The van der Waals surface area contributed by atoms with Crippen molar-refractivity contribution >= 4 is 30.1 Å². The van der Waals surface area contributed by atoms with Gasteiger partial charge in [0.25, 0.3) is 5.91 Å². The molecule has 2 nitrogen and oxygen atoms in total. The minimum absolute atomic E-state index is 0.608. The number of rotatable bonds is 2. The Morgan fingerprint density at radius 2 is 1.92 bits per heavy atom. The molecule has 4 heteroatoms. The summed E-state index contributed by atoms with van der Waals surface area (Å²) in [4.78, 5) is 10.6. The molecule has 0 bridgehead atoms. The summed E-state index contributed by atoms with van der Waals surface area (Å²) in [7, 11) is 0. The van der Waals surface area contributed by atoms with Crippen molar-refractivity contribution in [1.29, 1.82) is 0 Å². The number of halogens is 1. The molecule has 1 amide bonds. The summed E-state index contributed by atoms with van der Waals surface area (Å²) in [6.45, 7) is 0. The van der Waals surface area contributed by atoms with E-state index < -0.39 is 11.2 Å². The fraction of sp³-hybridized carbons (Fsp3) is 0.125. The molecule has 1 aromatic rings. The Balaban J connectivity index is 2.89. The summed E-state index contributed by atoms with van der Waals surface area (Å²) in [5.74, 6) is -0.708. The molecule has 0 aliphatic rings. The van der Waals surface area contributed by atoms with Crippen LogP contribution in [0.4, 0.5) is 0 Å². The van der Waals surface area contributed by atoms with Gasteiger partial charge in [0.05, 0.1) is 0 Å². The molecule has 0 aliphatic heterocycles. The van der Waals surface area contributed by atoms with Crippen molar-refractivity contribution in [1.82, 2.24) is 5.73 Å². The Morgan fingerprint density at radius 3 is 2.33 bits per heavy atom. The largest absolute Gasteiger partial charge is 0.272 e. The van der Waals surface area contributed by atoms with Gasteiger partial charge >= 0.3 is 0 Å². The van der Waals surface area contributed by atoms with Crippen molar-refractivity contribution in [3.8, 4) is 0 Å². The van der Waals surface area contributed by atoms with Crippen LogP contribution in [0, 0.1) is 0 Å². The molecule has 0 aliphatic carbocycles. The summed E-state index contributed by atoms with van der Waals surface area (Å²) in [6, 6.07) is 6.71. The molecule has 0 heterocycles. The number of carbonyl (C=O) groups excluding carboxylic acids is 1. The molecule has 0 saturated heterocycles. The van der Waals surface area contributed by atoms with Crippen LogP contribution in [0.2, 0.25) is 5.02 Å². The van der Waals surface area contributed by atoms with E-state index in [0.29, 0.717) is 10.6 Å². The summed E-state index contributed by atoms with van der Waals surface area (Å²) in [5, 5.41) is -0.0565. The Morgan fingerprint density at radius 1 is 1.42 bits per heavy atom. The highest BCUT2D eigenvalue weighted by atomic mass is 35.5. The zero-order valence-electron chi connectivity index (χ0n) is 6.12. The third-order valence-corrected chi connectivity index (χ3v) is 2.22. The van der Waals surface area contributed by atoms with Gasteiger partial charge in [-0.3, -0.25) is 10.5 Å². The Kier molecular flexibility index (Phi) is 3.00. The molecule has 1 unspecified atom stereocenters. The highest BCUT2D eigenvalue weighted by Gasteiger charge is 2.12. The van der Waals surface area contributed by atoms with Crippen LogP contribution in [0.3, 0.4) is 0 Å². The smallest absolute Gasteiger partial charge is 0.255 e. The van der Waals surface area contributed by atoms with Crippen molar-refractivity contribution in [2.75, 3.05) is 0 Å². The van der Waals surface area contributed by atoms with E-state index in [-0.39, 0.29) is 0 Å². The first-order valence-electron chi connectivity index (χ1n) is 3.30. The molecule has 63 valence electrons. The molecule has 0 spiro atoms. The van der Waals surface area contributed by atoms with E-state index in [1.165, 1.54) is 0 Å². The van der Waals surface area contributed by atoms with Gasteiger partial charge in [0, 0.05) is 5.02 Å². The second-order valence-electron chi connectivity index (χ2n) is 2.32. The third kappa shape index (κ3) is 2.16. The highest BCUT2D eigenvalue weighted by molar-refractivity contribution is 7.81. The molecule has 1 atom stereocenters. The zero-order valence-corrected chi connectivity index (χ0v) is 7.77. The maximum atomic E-state index is 10.6. The van der Waals surface area contributed by atoms with Gasteiger partial charge in [-0.2, -0.15) is 12.6 Å². The molecule has 1 aromatic carbocycles. The van der Waals surface area contributed by atoms with E-state index in [4.69, 9.17) is 17.3 Å². The van der Waals surface area contributed by atoms with Crippen molar-refractivity contribution in [2.45, 2.75) is 5.25 Å². The average Bonchev–Trinajstić information content (AvgIpc) is 2.04. The van der Waals surface area contributed by atoms with Crippen LogP contribution >= 0.6 is 24.2 Å². The summed E-state index contributed by atoms with van der Waals surface area (Å²) in [5.41, 5.74) is 7.52. The van der Waals surface area contributed by atoms with Crippen LogP contribution in [0.5, 0.6) is 0 Å². The molecule has 0 saturated carbocycles. The normalized spacial score (nSPS) is 12.5. The second-order valence-corrected chi connectivity index (χ2v) is 3.27. The number of hydrogen-bond acceptors (Lipinski definition) is 2. The summed E-state index contributed by atoms with van der Waals surface area (Å²) < 4.78 is 0. The van der Waals surface area contributed by atoms with Crippen molar-refractivity contribution in [3.05, 3.63) is 34.9 Å². The van der Waals surface area contributed by atoms with E-state index in [9.17, 15) is 4.79 Å². The zero-order chi connectivity index (χ0) is 9.14. The minimum atomic E-state index is -0.708. The highest BCUT2D eigenvalue weighted by Crippen LogP contribution is 2.21. The molecule has 0 fully saturated rings. The summed E-state index contributed by atoms with van der Waals surface area (Å²) in [6.07, 6.45) is 0. The van der Waals surface area contributed by atoms with Crippen molar-refractivity contribution in [3.63, 3.8) is 0 Å². The van der Waals surface area contributed by atoms with Gasteiger partial charge in [-0.15, -0.1) is 0 Å². The molecule has 12 heavy (non-hydrogen) atoms. The van der Waals surface area contributed by atoms with Gasteiger partial charge in [0.1, 0.15) is 5.25 Å². The fourth-order valence-electron chi connectivity index (χ4n) is 0.796. The lowest BCUT2D eigenvalue weighted by molar-refractivity contribution is -0.118. The van der Waals surface area contributed by atoms with Gasteiger partial charge in [-0.1, -0.05) is 23.7 Å². The summed E-state index contributed by atoms with van der Waals surface area (Å²) >= 11 is 9.61. The number of benzene rings is 1. The van der Waals surface area contributed by atoms with Crippen LogP contribution in [0.15, 0.2) is 24.3 Å². The molecule has 1 N–H and O–H groups in total. The molecule has 1 rings (SSSR count). The first-order valence-corrected chi connectivity index (χ1v) is 4.19. The molecule has 1 radical (unpaired) electrons. The SMILES string of the molecule is [NH]C(=O)C(S)c1ccc(Cl)cc1. The lowest BCUT2D eigenvalue weighted by atomic mass is 10.1. The first kappa shape index (κ1) is 9.42. The number of hydrogen-bond donors (Lipinski definition) is 1. The van der Waals surface area contributed by atoms with E-state index in [1.54, 1.807) is 24.3 Å². The Bertz CT molecular complexity index is 286. The topological polar surface area (TPSA) is 40.9 Å². The Hall–Kier alpha value is -0.670. The maximum absolute atomic E-state index is 10.6. The molecular weight excluding hydrogens is 194 g/mol. The lowest BCUT2D eigenvalue weighted by Gasteiger charge is -2.04. The van der Waals surface area contributed by atoms with Crippen LogP contribution in [-0.2, 0) is 4.79 Å². The standard InChI is InChI=1S/C8H7ClNOS/c9-6-3-1-5(2-4-6)7(12)8(10)11/h1-4,7,10,12H. The van der Waals surface area contributed by atoms with Crippen LogP contribution < -0.4 is 5.73 Å². The third-order valence-electron chi connectivity index (χ3n) is 1.43. The average molecular weight is 201 g/mol. The van der Waals surface area contributed by atoms with E-state index >= 15 is 0 Å². The van der Waals surface area contributed by atoms with Crippen LogP contribution in [-0.4, -0.2) is 5.91 Å². The van der Waals surface area contributed by atoms with Crippen LogP contribution in [0.1, 0.15) is 10.8 Å². The number of nitrogens with one attached hydrogen (secondary N) is 1. The van der Waals surface area contributed by atoms with Gasteiger partial charge in [-0.25, -0.2) is 0 Å². The number of carbonyl (C=O) groups is 1. The second kappa shape index (κ2) is 3.83. The van der Waals surface area contributed by atoms with Gasteiger partial charge in [-0.05, 0) is 17.7 Å². The first-order chi connectivity index (χ1) is 5.61. The monoisotopic (exact) mass is 200 g/mol. The van der Waals surface area contributed by atoms with Crippen molar-refractivity contribution < 1.29 is 4.79 Å². The maximum Gasteiger partial charge on any atom is 0.255 e. The van der Waals surface area contributed by atoms with Gasteiger partial charge in [0.2, 0.25) is 0 Å².